The third-order valence-electron chi connectivity index (χ3n) is 2.00. The Morgan fingerprint density at radius 3 is 3.46 bits per heavy atom. The maximum Gasteiger partial charge on any atom is 0.429 e. The number of ether oxygens (including phenoxy) is 1. The van der Waals surface area contributed by atoms with E-state index in [1.54, 1.807) is 13.1 Å². The Morgan fingerprint density at radius 1 is 1.85 bits per heavy atom. The number of amides is 1. The van der Waals surface area contributed by atoms with Crippen LogP contribution in [0.5, 0.6) is 0 Å². The number of hydrogen-bond donors (Lipinski definition) is 1. The molecule has 0 saturated heterocycles. The molecule has 0 bridgehead atoms. The normalized spacial score (nSPS) is 19.6. The predicted molar refractivity (Wildman–Crippen MR) is 47.2 cm³/mol. The summed E-state index contributed by atoms with van der Waals surface area (Å²) in [6.07, 6.45) is 1.34. The van der Waals surface area contributed by atoms with Gasteiger partial charge in [0.25, 0.3) is 0 Å². The standard InChI is InChI=1S/C8H11N3O2/c1-2-13-8(12)11-7-5-9-3-6(7)4-10-11/h5,10H,2-4H2,1H3. The van der Waals surface area contributed by atoms with Gasteiger partial charge >= 0.3 is 6.09 Å². The van der Waals surface area contributed by atoms with Crippen molar-refractivity contribution in [1.82, 2.24) is 10.4 Å². The van der Waals surface area contributed by atoms with Crippen LogP contribution in [0, 0.1) is 0 Å². The number of aliphatic imine (C=N–C) groups is 1. The van der Waals surface area contributed by atoms with Gasteiger partial charge in [-0.15, -0.1) is 0 Å². The van der Waals surface area contributed by atoms with E-state index in [1.807, 2.05) is 0 Å². The highest BCUT2D eigenvalue weighted by Crippen LogP contribution is 2.18. The molecule has 0 aromatic carbocycles. The smallest absolute Gasteiger partial charge is 0.429 e. The molecule has 5 nitrogen and oxygen atoms in total. The first-order valence-electron chi connectivity index (χ1n) is 4.25. The minimum absolute atomic E-state index is 0.360. The Labute approximate surface area is 76.0 Å². The fraction of sp³-hybridized carbons (Fsp3) is 0.500. The van der Waals surface area contributed by atoms with Crippen LogP contribution in [0.15, 0.2) is 16.3 Å². The summed E-state index contributed by atoms with van der Waals surface area (Å²) in [4.78, 5) is 15.4. The van der Waals surface area contributed by atoms with Gasteiger partial charge in [0.1, 0.15) is 0 Å². The number of nitrogens with zero attached hydrogens (tertiary/aromatic N) is 2. The van der Waals surface area contributed by atoms with Crippen molar-refractivity contribution in [2.75, 3.05) is 19.7 Å². The zero-order chi connectivity index (χ0) is 9.26. The number of allylic oxidation sites excluding steroid dienone is 1. The minimum Gasteiger partial charge on any atom is -0.449 e. The molecular formula is C8H11N3O2. The molecule has 2 heterocycles. The van der Waals surface area contributed by atoms with Crippen molar-refractivity contribution in [2.45, 2.75) is 6.92 Å². The monoisotopic (exact) mass is 181 g/mol. The van der Waals surface area contributed by atoms with Crippen LogP contribution < -0.4 is 5.43 Å². The average molecular weight is 181 g/mol. The fourth-order valence-corrected chi connectivity index (χ4v) is 1.39. The second-order valence-corrected chi connectivity index (χ2v) is 2.83. The summed E-state index contributed by atoms with van der Waals surface area (Å²) >= 11 is 0. The van der Waals surface area contributed by atoms with Gasteiger partial charge in [-0.05, 0) is 12.5 Å². The Bertz CT molecular complexity index is 296. The molecule has 13 heavy (non-hydrogen) atoms. The van der Waals surface area contributed by atoms with E-state index >= 15 is 0 Å². The summed E-state index contributed by atoms with van der Waals surface area (Å²) in [7, 11) is 0. The maximum absolute atomic E-state index is 11.3. The topological polar surface area (TPSA) is 53.9 Å². The number of rotatable bonds is 1. The van der Waals surface area contributed by atoms with Crippen LogP contribution in [-0.2, 0) is 4.74 Å². The van der Waals surface area contributed by atoms with E-state index in [1.165, 1.54) is 5.01 Å². The summed E-state index contributed by atoms with van der Waals surface area (Å²) in [5.74, 6) is 0. The van der Waals surface area contributed by atoms with Gasteiger partial charge in [-0.3, -0.25) is 4.99 Å². The van der Waals surface area contributed by atoms with Crippen LogP contribution >= 0.6 is 0 Å². The zero-order valence-electron chi connectivity index (χ0n) is 7.41. The predicted octanol–water partition coefficient (Wildman–Crippen LogP) is 0.302. The highest BCUT2D eigenvalue weighted by atomic mass is 16.6. The first-order chi connectivity index (χ1) is 6.33. The summed E-state index contributed by atoms with van der Waals surface area (Å²) in [5, 5.41) is 1.41. The van der Waals surface area contributed by atoms with Crippen molar-refractivity contribution in [1.29, 1.82) is 0 Å². The van der Waals surface area contributed by atoms with Crippen molar-refractivity contribution >= 4 is 12.3 Å². The van der Waals surface area contributed by atoms with E-state index in [2.05, 4.69) is 10.4 Å². The quantitative estimate of drug-likeness (QED) is 0.633. The number of nitrogens with one attached hydrogen (secondary N) is 1. The Hall–Kier alpha value is -1.36. The summed E-state index contributed by atoms with van der Waals surface area (Å²) in [6, 6.07) is 0. The number of hydrogen-bond acceptors (Lipinski definition) is 4. The Balaban J connectivity index is 2.09. The van der Waals surface area contributed by atoms with Crippen LogP contribution in [0.2, 0.25) is 0 Å². The minimum atomic E-state index is -0.360. The highest BCUT2D eigenvalue weighted by Gasteiger charge is 2.29. The molecule has 2 aliphatic rings. The molecule has 0 spiro atoms. The molecule has 1 N–H and O–H groups in total. The molecule has 0 radical (unpaired) electrons. The molecule has 2 aliphatic heterocycles. The van der Waals surface area contributed by atoms with E-state index in [0.717, 1.165) is 11.3 Å². The molecule has 2 rings (SSSR count). The van der Waals surface area contributed by atoms with E-state index in [9.17, 15) is 4.79 Å². The van der Waals surface area contributed by atoms with E-state index in [-0.39, 0.29) is 6.09 Å². The molecule has 0 aromatic rings. The zero-order valence-corrected chi connectivity index (χ0v) is 7.41. The lowest BCUT2D eigenvalue weighted by Crippen LogP contribution is -2.38. The van der Waals surface area contributed by atoms with Crippen LogP contribution in [0.4, 0.5) is 4.79 Å². The van der Waals surface area contributed by atoms with Crippen LogP contribution in [0.25, 0.3) is 0 Å². The molecule has 0 saturated carbocycles. The molecule has 0 aliphatic carbocycles. The molecule has 0 aromatic heterocycles. The first-order valence-corrected chi connectivity index (χ1v) is 4.25. The van der Waals surface area contributed by atoms with Gasteiger partial charge in [0.2, 0.25) is 0 Å². The van der Waals surface area contributed by atoms with Gasteiger partial charge in [0.05, 0.1) is 18.8 Å². The van der Waals surface area contributed by atoms with Crippen LogP contribution in [0.1, 0.15) is 6.92 Å². The van der Waals surface area contributed by atoms with Gasteiger partial charge in [0.15, 0.2) is 0 Å². The van der Waals surface area contributed by atoms with Crippen molar-refractivity contribution in [3.8, 4) is 0 Å². The van der Waals surface area contributed by atoms with Crippen molar-refractivity contribution in [2.24, 2.45) is 4.99 Å². The van der Waals surface area contributed by atoms with E-state index in [0.29, 0.717) is 19.7 Å². The van der Waals surface area contributed by atoms with Crippen molar-refractivity contribution in [3.05, 3.63) is 11.3 Å². The summed E-state index contributed by atoms with van der Waals surface area (Å²) < 4.78 is 4.86. The fourth-order valence-electron chi connectivity index (χ4n) is 1.39. The molecule has 70 valence electrons. The largest absolute Gasteiger partial charge is 0.449 e. The second kappa shape index (κ2) is 3.18. The SMILES string of the molecule is CCOC(=O)N1NCC2=C1C=NC2. The third-order valence-corrected chi connectivity index (χ3v) is 2.00. The lowest BCUT2D eigenvalue weighted by molar-refractivity contribution is 0.110. The lowest BCUT2D eigenvalue weighted by Gasteiger charge is -2.16. The van der Waals surface area contributed by atoms with E-state index < -0.39 is 0 Å². The number of carbonyl (C=O) groups is 1. The molecule has 0 unspecified atom stereocenters. The highest BCUT2D eigenvalue weighted by molar-refractivity contribution is 5.88. The molecule has 0 fully saturated rings. The summed E-state index contributed by atoms with van der Waals surface area (Å²) in [6.45, 7) is 3.55. The van der Waals surface area contributed by atoms with Crippen molar-refractivity contribution in [3.63, 3.8) is 0 Å². The average Bonchev–Trinajstić information content (AvgIpc) is 2.62. The molecule has 0 atom stereocenters. The lowest BCUT2D eigenvalue weighted by atomic mass is 10.2. The van der Waals surface area contributed by atoms with Crippen molar-refractivity contribution < 1.29 is 9.53 Å². The second-order valence-electron chi connectivity index (χ2n) is 2.83. The van der Waals surface area contributed by atoms with Gasteiger partial charge in [-0.2, -0.15) is 0 Å². The van der Waals surface area contributed by atoms with Crippen LogP contribution in [-0.4, -0.2) is 37.0 Å². The van der Waals surface area contributed by atoms with Gasteiger partial charge in [-0.25, -0.2) is 15.2 Å². The summed E-state index contributed by atoms with van der Waals surface area (Å²) in [5.41, 5.74) is 4.93. The van der Waals surface area contributed by atoms with Gasteiger partial charge in [-0.1, -0.05) is 0 Å². The third kappa shape index (κ3) is 1.31. The Morgan fingerprint density at radius 2 is 2.69 bits per heavy atom. The first kappa shape index (κ1) is 8.25. The maximum atomic E-state index is 11.3. The molecule has 5 heteroatoms. The van der Waals surface area contributed by atoms with Gasteiger partial charge in [0, 0.05) is 12.8 Å². The van der Waals surface area contributed by atoms with E-state index in [4.69, 9.17) is 4.74 Å². The number of hydrazine groups is 1. The number of carbonyl (C=O) groups excluding carboxylic acids is 1. The molecule has 1 amide bonds. The Kier molecular flexibility index (Phi) is 2.02. The van der Waals surface area contributed by atoms with Gasteiger partial charge < -0.3 is 4.74 Å². The molecular weight excluding hydrogens is 170 g/mol. The van der Waals surface area contributed by atoms with Crippen LogP contribution in [0.3, 0.4) is 0 Å².